The number of rotatable bonds is 5. The number of nitrogens with zero attached hydrogens (tertiary/aromatic N) is 3. The van der Waals surface area contributed by atoms with E-state index in [1.54, 1.807) is 24.0 Å². The number of hydrogen-bond donors (Lipinski definition) is 1. The molecule has 7 heteroatoms. The minimum Gasteiger partial charge on any atom is -0.393 e. The second kappa shape index (κ2) is 5.83. The van der Waals surface area contributed by atoms with Gasteiger partial charge in [0.15, 0.2) is 5.03 Å². The van der Waals surface area contributed by atoms with Crippen molar-refractivity contribution in [1.29, 1.82) is 0 Å². The molecule has 0 bridgehead atoms. The SMILES string of the molecule is CC(O)CC1CCCN1S(=O)(=O)c1cn(C(C)C)cn1. The molecule has 1 saturated heterocycles. The quantitative estimate of drug-likeness (QED) is 0.891. The number of aliphatic hydroxyl groups excluding tert-OH is 1. The first-order valence-corrected chi connectivity index (χ1v) is 8.49. The third-order valence-electron chi connectivity index (χ3n) is 3.68. The van der Waals surface area contributed by atoms with E-state index in [1.807, 2.05) is 13.8 Å². The van der Waals surface area contributed by atoms with Gasteiger partial charge in [0.1, 0.15) is 0 Å². The van der Waals surface area contributed by atoms with E-state index in [1.165, 1.54) is 4.31 Å². The van der Waals surface area contributed by atoms with Crippen molar-refractivity contribution in [3.05, 3.63) is 12.5 Å². The minimum absolute atomic E-state index is 0.101. The van der Waals surface area contributed by atoms with Gasteiger partial charge in [0, 0.05) is 24.8 Å². The molecular formula is C13H23N3O3S. The lowest BCUT2D eigenvalue weighted by Gasteiger charge is -2.24. The van der Waals surface area contributed by atoms with Crippen LogP contribution in [0, 0.1) is 0 Å². The number of sulfonamides is 1. The predicted molar refractivity (Wildman–Crippen MR) is 75.8 cm³/mol. The lowest BCUT2D eigenvalue weighted by molar-refractivity contribution is 0.157. The van der Waals surface area contributed by atoms with Crippen molar-refractivity contribution in [2.45, 2.75) is 63.2 Å². The average Bonchev–Trinajstić information content (AvgIpc) is 2.95. The van der Waals surface area contributed by atoms with Gasteiger partial charge < -0.3 is 9.67 Å². The van der Waals surface area contributed by atoms with E-state index in [4.69, 9.17) is 0 Å². The molecule has 1 N–H and O–H groups in total. The Hall–Kier alpha value is -0.920. The van der Waals surface area contributed by atoms with Crippen molar-refractivity contribution in [2.75, 3.05) is 6.54 Å². The zero-order chi connectivity index (χ0) is 14.9. The Balaban J connectivity index is 2.24. The summed E-state index contributed by atoms with van der Waals surface area (Å²) in [6, 6.07) is 0.0579. The summed E-state index contributed by atoms with van der Waals surface area (Å²) < 4.78 is 28.5. The predicted octanol–water partition coefficient (Wildman–Crippen LogP) is 1.39. The van der Waals surface area contributed by atoms with Crippen LogP contribution in [0.5, 0.6) is 0 Å². The van der Waals surface area contributed by atoms with Crippen molar-refractivity contribution in [2.24, 2.45) is 0 Å². The Labute approximate surface area is 120 Å². The topological polar surface area (TPSA) is 75.4 Å². The Kier molecular flexibility index (Phi) is 4.51. The van der Waals surface area contributed by atoms with Crippen LogP contribution in [0.4, 0.5) is 0 Å². The Bertz CT molecular complexity index is 551. The summed E-state index contributed by atoms with van der Waals surface area (Å²) in [6.45, 7) is 6.15. The summed E-state index contributed by atoms with van der Waals surface area (Å²) in [5.74, 6) is 0. The van der Waals surface area contributed by atoms with E-state index in [0.29, 0.717) is 13.0 Å². The van der Waals surface area contributed by atoms with Crippen molar-refractivity contribution in [3.63, 3.8) is 0 Å². The second-order valence-electron chi connectivity index (χ2n) is 5.75. The summed E-state index contributed by atoms with van der Waals surface area (Å²) in [6.07, 6.45) is 4.75. The van der Waals surface area contributed by atoms with Crippen LogP contribution in [-0.2, 0) is 10.0 Å². The second-order valence-corrected chi connectivity index (χ2v) is 7.59. The molecule has 1 aromatic rings. The summed E-state index contributed by atoms with van der Waals surface area (Å²) in [4.78, 5) is 4.04. The van der Waals surface area contributed by atoms with Crippen molar-refractivity contribution >= 4 is 10.0 Å². The molecule has 1 aliphatic heterocycles. The van der Waals surface area contributed by atoms with Crippen LogP contribution in [0.3, 0.4) is 0 Å². The fourth-order valence-electron chi connectivity index (χ4n) is 2.61. The standard InChI is InChI=1S/C13H23N3O3S/c1-10(2)15-8-13(14-9-15)20(18,19)16-6-4-5-12(16)7-11(3)17/h8-12,17H,4-7H2,1-3H3. The summed E-state index contributed by atoms with van der Waals surface area (Å²) in [7, 11) is -3.56. The average molecular weight is 301 g/mol. The van der Waals surface area contributed by atoms with Gasteiger partial charge in [-0.3, -0.25) is 0 Å². The molecule has 114 valence electrons. The first-order chi connectivity index (χ1) is 9.32. The third-order valence-corrected chi connectivity index (χ3v) is 5.52. The zero-order valence-corrected chi connectivity index (χ0v) is 13.0. The Morgan fingerprint density at radius 3 is 2.70 bits per heavy atom. The first-order valence-electron chi connectivity index (χ1n) is 7.05. The van der Waals surface area contributed by atoms with Gasteiger partial charge in [-0.15, -0.1) is 0 Å². The van der Waals surface area contributed by atoms with E-state index in [0.717, 1.165) is 12.8 Å². The molecule has 0 saturated carbocycles. The summed E-state index contributed by atoms with van der Waals surface area (Å²) in [5, 5.41) is 9.60. The maximum absolute atomic E-state index is 12.6. The highest BCUT2D eigenvalue weighted by Gasteiger charge is 2.36. The van der Waals surface area contributed by atoms with E-state index in [-0.39, 0.29) is 17.1 Å². The summed E-state index contributed by atoms with van der Waals surface area (Å²) >= 11 is 0. The Morgan fingerprint density at radius 1 is 1.45 bits per heavy atom. The van der Waals surface area contributed by atoms with Gasteiger partial charge in [-0.25, -0.2) is 13.4 Å². The molecule has 0 aliphatic carbocycles. The highest BCUT2D eigenvalue weighted by molar-refractivity contribution is 7.89. The van der Waals surface area contributed by atoms with Crippen molar-refractivity contribution in [3.8, 4) is 0 Å². The lowest BCUT2D eigenvalue weighted by atomic mass is 10.1. The molecule has 0 amide bonds. The highest BCUT2D eigenvalue weighted by Crippen LogP contribution is 2.28. The van der Waals surface area contributed by atoms with Gasteiger partial charge in [-0.2, -0.15) is 4.31 Å². The van der Waals surface area contributed by atoms with Crippen molar-refractivity contribution in [1.82, 2.24) is 13.9 Å². The molecule has 2 rings (SSSR count). The molecule has 0 aromatic carbocycles. The normalized spacial score (nSPS) is 22.6. The van der Waals surface area contributed by atoms with Gasteiger partial charge in [0.2, 0.25) is 0 Å². The molecule has 6 nitrogen and oxygen atoms in total. The largest absolute Gasteiger partial charge is 0.393 e. The highest BCUT2D eigenvalue weighted by atomic mass is 32.2. The maximum Gasteiger partial charge on any atom is 0.262 e. The van der Waals surface area contributed by atoms with Crippen LogP contribution in [0.2, 0.25) is 0 Å². The number of aromatic nitrogens is 2. The molecule has 2 unspecified atom stereocenters. The molecule has 2 heterocycles. The molecule has 2 atom stereocenters. The van der Waals surface area contributed by atoms with Crippen LogP contribution < -0.4 is 0 Å². The van der Waals surface area contributed by atoms with Crippen LogP contribution >= 0.6 is 0 Å². The minimum atomic E-state index is -3.56. The zero-order valence-electron chi connectivity index (χ0n) is 12.2. The fourth-order valence-corrected chi connectivity index (χ4v) is 4.24. The van der Waals surface area contributed by atoms with Gasteiger partial charge in [0.25, 0.3) is 10.0 Å². The molecule has 0 radical (unpaired) electrons. The van der Waals surface area contributed by atoms with Gasteiger partial charge in [0.05, 0.1) is 12.4 Å². The molecule has 1 aliphatic rings. The molecular weight excluding hydrogens is 278 g/mol. The van der Waals surface area contributed by atoms with E-state index < -0.39 is 16.1 Å². The van der Waals surface area contributed by atoms with E-state index in [9.17, 15) is 13.5 Å². The number of aliphatic hydroxyl groups is 1. The third kappa shape index (κ3) is 3.05. The Morgan fingerprint density at radius 2 is 2.15 bits per heavy atom. The van der Waals surface area contributed by atoms with Crippen LogP contribution in [-0.4, -0.2) is 46.1 Å². The van der Waals surface area contributed by atoms with Gasteiger partial charge in [-0.1, -0.05) is 0 Å². The van der Waals surface area contributed by atoms with E-state index in [2.05, 4.69) is 4.98 Å². The van der Waals surface area contributed by atoms with Crippen LogP contribution in [0.25, 0.3) is 0 Å². The van der Waals surface area contributed by atoms with Crippen LogP contribution in [0.15, 0.2) is 17.6 Å². The number of hydrogen-bond acceptors (Lipinski definition) is 4. The number of imidazole rings is 1. The monoisotopic (exact) mass is 301 g/mol. The molecule has 1 aromatic heterocycles. The smallest absolute Gasteiger partial charge is 0.262 e. The van der Waals surface area contributed by atoms with Gasteiger partial charge >= 0.3 is 0 Å². The lowest BCUT2D eigenvalue weighted by Crippen LogP contribution is -2.37. The fraction of sp³-hybridized carbons (Fsp3) is 0.769. The van der Waals surface area contributed by atoms with Crippen LogP contribution in [0.1, 0.15) is 46.1 Å². The molecule has 0 spiro atoms. The van der Waals surface area contributed by atoms with Gasteiger partial charge in [-0.05, 0) is 40.0 Å². The molecule has 1 fully saturated rings. The molecule has 20 heavy (non-hydrogen) atoms. The first kappa shape index (κ1) is 15.5. The van der Waals surface area contributed by atoms with E-state index >= 15 is 0 Å². The van der Waals surface area contributed by atoms with Crippen molar-refractivity contribution < 1.29 is 13.5 Å². The summed E-state index contributed by atoms with van der Waals surface area (Å²) in [5.41, 5.74) is 0. The maximum atomic E-state index is 12.6.